The zero-order valence-corrected chi connectivity index (χ0v) is 9.59. The molecule has 5 nitrogen and oxygen atoms in total. The molecule has 2 aliphatic heterocycles. The largest absolute Gasteiger partial charge is 0.479 e. The summed E-state index contributed by atoms with van der Waals surface area (Å²) in [7, 11) is 0. The summed E-state index contributed by atoms with van der Waals surface area (Å²) in [6.07, 6.45) is 0.895. The molecule has 0 bridgehead atoms. The topological polar surface area (TPSA) is 59.0 Å². The van der Waals surface area contributed by atoms with Crippen LogP contribution in [0.1, 0.15) is 19.8 Å². The maximum atomic E-state index is 10.7. The third-order valence-electron chi connectivity index (χ3n) is 3.37. The smallest absolute Gasteiger partial charge is 0.335 e. The van der Waals surface area contributed by atoms with Gasteiger partial charge in [-0.2, -0.15) is 0 Å². The number of aliphatic carboxylic acids is 1. The third-order valence-corrected chi connectivity index (χ3v) is 3.37. The number of ether oxygens (including phenoxy) is 2. The van der Waals surface area contributed by atoms with Crippen molar-refractivity contribution in [2.24, 2.45) is 5.92 Å². The van der Waals surface area contributed by atoms with E-state index in [0.717, 1.165) is 32.5 Å². The van der Waals surface area contributed by atoms with E-state index in [2.05, 4.69) is 11.8 Å². The summed E-state index contributed by atoms with van der Waals surface area (Å²) >= 11 is 0. The Morgan fingerprint density at radius 3 is 2.94 bits per heavy atom. The predicted octanol–water partition coefficient (Wildman–Crippen LogP) is 0.544. The van der Waals surface area contributed by atoms with Gasteiger partial charge in [0.2, 0.25) is 0 Å². The molecular formula is C11H19NO4. The van der Waals surface area contributed by atoms with Crippen LogP contribution in [0.5, 0.6) is 0 Å². The minimum Gasteiger partial charge on any atom is -0.479 e. The highest BCUT2D eigenvalue weighted by Gasteiger charge is 2.34. The van der Waals surface area contributed by atoms with E-state index in [1.165, 1.54) is 0 Å². The zero-order valence-electron chi connectivity index (χ0n) is 9.59. The molecule has 5 heteroatoms. The first-order chi connectivity index (χ1) is 7.69. The first-order valence-electron chi connectivity index (χ1n) is 5.91. The first kappa shape index (κ1) is 11.8. The molecule has 2 saturated heterocycles. The lowest BCUT2D eigenvalue weighted by atomic mass is 10.1. The molecule has 0 aromatic carbocycles. The van der Waals surface area contributed by atoms with Gasteiger partial charge in [0.05, 0.1) is 6.61 Å². The summed E-state index contributed by atoms with van der Waals surface area (Å²) in [6, 6.07) is 0. The van der Waals surface area contributed by atoms with Crippen LogP contribution in [0, 0.1) is 5.92 Å². The van der Waals surface area contributed by atoms with Gasteiger partial charge in [-0.15, -0.1) is 0 Å². The maximum absolute atomic E-state index is 10.7. The standard InChI is InChI=1S/C11H19NO4/c1-2-12-4-3-8(6-12)5-10-15-7-9(16-10)11(13)14/h8-10H,2-7H2,1H3,(H,13,14). The third kappa shape index (κ3) is 2.72. The molecule has 0 saturated carbocycles. The van der Waals surface area contributed by atoms with Gasteiger partial charge in [-0.3, -0.25) is 0 Å². The quantitative estimate of drug-likeness (QED) is 0.762. The minimum atomic E-state index is -0.927. The van der Waals surface area contributed by atoms with Crippen LogP contribution in [0.25, 0.3) is 0 Å². The average molecular weight is 229 g/mol. The molecule has 0 aromatic rings. The van der Waals surface area contributed by atoms with Gasteiger partial charge in [-0.1, -0.05) is 6.92 Å². The van der Waals surface area contributed by atoms with Crippen LogP contribution in [-0.4, -0.2) is 54.6 Å². The molecular weight excluding hydrogens is 210 g/mol. The number of hydrogen-bond donors (Lipinski definition) is 1. The van der Waals surface area contributed by atoms with Crippen molar-refractivity contribution in [2.75, 3.05) is 26.2 Å². The van der Waals surface area contributed by atoms with Gasteiger partial charge in [0.15, 0.2) is 12.4 Å². The molecule has 92 valence electrons. The number of carboxylic acids is 1. The zero-order chi connectivity index (χ0) is 11.5. The molecule has 16 heavy (non-hydrogen) atoms. The Morgan fingerprint density at radius 2 is 2.38 bits per heavy atom. The monoisotopic (exact) mass is 229 g/mol. The van der Waals surface area contributed by atoms with Gasteiger partial charge >= 0.3 is 5.97 Å². The highest BCUT2D eigenvalue weighted by atomic mass is 16.7. The van der Waals surface area contributed by atoms with E-state index in [1.54, 1.807) is 0 Å². The van der Waals surface area contributed by atoms with Crippen LogP contribution in [0.2, 0.25) is 0 Å². The second-order valence-corrected chi connectivity index (χ2v) is 4.51. The second kappa shape index (κ2) is 5.12. The van der Waals surface area contributed by atoms with Crippen LogP contribution in [0.15, 0.2) is 0 Å². The number of carbonyl (C=O) groups is 1. The highest BCUT2D eigenvalue weighted by molar-refractivity contribution is 5.72. The normalized spacial score (nSPS) is 35.7. The Morgan fingerprint density at radius 1 is 1.56 bits per heavy atom. The highest BCUT2D eigenvalue weighted by Crippen LogP contribution is 2.25. The van der Waals surface area contributed by atoms with E-state index < -0.39 is 12.1 Å². The van der Waals surface area contributed by atoms with Crippen molar-refractivity contribution < 1.29 is 19.4 Å². The van der Waals surface area contributed by atoms with E-state index >= 15 is 0 Å². The molecule has 0 amide bonds. The molecule has 2 rings (SSSR count). The van der Waals surface area contributed by atoms with Crippen molar-refractivity contribution >= 4 is 5.97 Å². The van der Waals surface area contributed by atoms with Gasteiger partial charge in [-0.25, -0.2) is 4.79 Å². The lowest BCUT2D eigenvalue weighted by molar-refractivity contribution is -0.151. The lowest BCUT2D eigenvalue weighted by Crippen LogP contribution is -2.24. The van der Waals surface area contributed by atoms with Crippen molar-refractivity contribution in [3.63, 3.8) is 0 Å². The molecule has 0 radical (unpaired) electrons. The molecule has 2 fully saturated rings. The summed E-state index contributed by atoms with van der Waals surface area (Å²) < 4.78 is 10.6. The van der Waals surface area contributed by atoms with Gasteiger partial charge in [0.25, 0.3) is 0 Å². The molecule has 0 aliphatic carbocycles. The summed E-state index contributed by atoms with van der Waals surface area (Å²) in [5.41, 5.74) is 0. The molecule has 2 heterocycles. The van der Waals surface area contributed by atoms with E-state index in [-0.39, 0.29) is 12.9 Å². The van der Waals surface area contributed by atoms with Crippen molar-refractivity contribution in [2.45, 2.75) is 32.2 Å². The summed E-state index contributed by atoms with van der Waals surface area (Å²) in [5.74, 6) is -0.346. The molecule has 1 N–H and O–H groups in total. The van der Waals surface area contributed by atoms with E-state index in [9.17, 15) is 4.79 Å². The van der Waals surface area contributed by atoms with E-state index in [4.69, 9.17) is 14.6 Å². The number of carboxylic acid groups (broad SMARTS) is 1. The first-order valence-corrected chi connectivity index (χ1v) is 5.91. The fourth-order valence-corrected chi connectivity index (χ4v) is 2.37. The Kier molecular flexibility index (Phi) is 3.78. The summed E-state index contributed by atoms with van der Waals surface area (Å²) in [5, 5.41) is 8.76. The molecule has 0 aromatic heterocycles. The minimum absolute atomic E-state index is 0.185. The number of hydrogen-bond acceptors (Lipinski definition) is 4. The number of nitrogens with zero attached hydrogens (tertiary/aromatic N) is 1. The van der Waals surface area contributed by atoms with Crippen LogP contribution in [0.3, 0.4) is 0 Å². The van der Waals surface area contributed by atoms with Gasteiger partial charge in [0, 0.05) is 13.0 Å². The van der Waals surface area contributed by atoms with Crippen LogP contribution >= 0.6 is 0 Å². The fourth-order valence-electron chi connectivity index (χ4n) is 2.37. The van der Waals surface area contributed by atoms with E-state index in [1.807, 2.05) is 0 Å². The van der Waals surface area contributed by atoms with Crippen molar-refractivity contribution in [3.8, 4) is 0 Å². The molecule has 0 spiro atoms. The number of rotatable bonds is 4. The van der Waals surface area contributed by atoms with Crippen LogP contribution < -0.4 is 0 Å². The maximum Gasteiger partial charge on any atom is 0.335 e. The van der Waals surface area contributed by atoms with E-state index in [0.29, 0.717) is 5.92 Å². The summed E-state index contributed by atoms with van der Waals surface area (Å²) in [6.45, 7) is 5.64. The SMILES string of the molecule is CCN1CCC(CC2OCC(C(=O)O)O2)C1. The van der Waals surface area contributed by atoms with Crippen molar-refractivity contribution in [3.05, 3.63) is 0 Å². The predicted molar refractivity (Wildman–Crippen MR) is 57.1 cm³/mol. The van der Waals surface area contributed by atoms with Crippen LogP contribution in [0.4, 0.5) is 0 Å². The average Bonchev–Trinajstić information content (AvgIpc) is 2.87. The van der Waals surface area contributed by atoms with Crippen LogP contribution in [-0.2, 0) is 14.3 Å². The molecule has 3 unspecified atom stereocenters. The van der Waals surface area contributed by atoms with Gasteiger partial charge in [-0.05, 0) is 25.4 Å². The molecule has 3 atom stereocenters. The Balaban J connectivity index is 1.73. The van der Waals surface area contributed by atoms with Crippen molar-refractivity contribution in [1.82, 2.24) is 4.90 Å². The summed E-state index contributed by atoms with van der Waals surface area (Å²) in [4.78, 5) is 13.1. The number of likely N-dealkylation sites (tertiary alicyclic amines) is 1. The van der Waals surface area contributed by atoms with Crippen molar-refractivity contribution in [1.29, 1.82) is 0 Å². The second-order valence-electron chi connectivity index (χ2n) is 4.51. The van der Waals surface area contributed by atoms with Gasteiger partial charge in [0.1, 0.15) is 0 Å². The Hall–Kier alpha value is -0.650. The Labute approximate surface area is 95.3 Å². The van der Waals surface area contributed by atoms with Gasteiger partial charge < -0.3 is 19.5 Å². The lowest BCUT2D eigenvalue weighted by Gasteiger charge is -2.16. The Bertz CT molecular complexity index is 258. The fraction of sp³-hybridized carbons (Fsp3) is 0.909. The molecule has 2 aliphatic rings.